The number of hydrogen-bond donors (Lipinski definition) is 4. The molecule has 0 fully saturated rings. The van der Waals surface area contributed by atoms with Crippen LogP contribution in [0.15, 0.2) is 46.7 Å². The predicted octanol–water partition coefficient (Wildman–Crippen LogP) is 3.15. The Morgan fingerprint density at radius 3 is 2.47 bits per heavy atom. The minimum absolute atomic E-state index is 0.185. The van der Waals surface area contributed by atoms with E-state index in [4.69, 9.17) is 28.4 Å². The third kappa shape index (κ3) is 9.87. The molecule has 0 aromatic heterocycles. The van der Waals surface area contributed by atoms with E-state index in [2.05, 4.69) is 43.8 Å². The Morgan fingerprint density at radius 1 is 1.04 bits per heavy atom. The van der Waals surface area contributed by atoms with E-state index in [1.165, 1.54) is 13.3 Å². The number of nitrogens with zero attached hydrogens (tertiary/aromatic N) is 1. The zero-order valence-electron chi connectivity index (χ0n) is 25.6. The lowest BCUT2D eigenvalue weighted by atomic mass is 9.95. The number of esters is 2. The van der Waals surface area contributed by atoms with E-state index in [1.807, 2.05) is 6.92 Å². The molecule has 2 atom stereocenters. The first kappa shape index (κ1) is 35.2. The lowest BCUT2D eigenvalue weighted by molar-refractivity contribution is -0.145. The molecule has 0 unspecified atom stereocenters. The van der Waals surface area contributed by atoms with Crippen molar-refractivity contribution in [3.8, 4) is 23.0 Å². The van der Waals surface area contributed by atoms with E-state index in [0.29, 0.717) is 56.6 Å². The van der Waals surface area contributed by atoms with Crippen LogP contribution in [-0.4, -0.2) is 75.7 Å². The molecule has 3 rings (SSSR count). The minimum Gasteiger partial charge on any atom is -0.490 e. The number of ether oxygens (including phenoxy) is 6. The van der Waals surface area contributed by atoms with Crippen LogP contribution in [0.1, 0.15) is 44.9 Å². The Balaban J connectivity index is 1.67. The Kier molecular flexibility index (Phi) is 13.5. The average molecular weight is 741 g/mol. The fourth-order valence-electron chi connectivity index (χ4n) is 4.22. The van der Waals surface area contributed by atoms with Crippen molar-refractivity contribution in [2.75, 3.05) is 40.1 Å². The van der Waals surface area contributed by atoms with Crippen molar-refractivity contribution in [3.05, 3.63) is 56.3 Å². The monoisotopic (exact) mass is 740 g/mol. The second kappa shape index (κ2) is 17.3. The van der Waals surface area contributed by atoms with Crippen LogP contribution in [0.3, 0.4) is 0 Å². The summed E-state index contributed by atoms with van der Waals surface area (Å²) in [5.74, 6) is 0.458. The number of carbonyl (C=O) groups is 3. The molecule has 4 N–H and O–H groups in total. The lowest BCUT2D eigenvalue weighted by Crippen LogP contribution is -2.45. The normalized spacial score (nSPS) is 15.1. The second-order valence-corrected chi connectivity index (χ2v) is 10.4. The molecule has 0 saturated heterocycles. The van der Waals surface area contributed by atoms with Crippen LogP contribution >= 0.6 is 22.6 Å². The molecule has 2 aromatic carbocycles. The number of hydrazone groups is 1. The van der Waals surface area contributed by atoms with Crippen molar-refractivity contribution in [1.82, 2.24) is 16.1 Å². The van der Waals surface area contributed by atoms with Crippen molar-refractivity contribution in [2.45, 2.75) is 40.0 Å². The molecule has 1 aliphatic rings. The van der Waals surface area contributed by atoms with Crippen molar-refractivity contribution >= 4 is 46.8 Å². The maximum Gasteiger partial charge on any atom is 0.344 e. The van der Waals surface area contributed by atoms with Crippen molar-refractivity contribution < 1.29 is 47.9 Å². The van der Waals surface area contributed by atoms with Gasteiger partial charge in [-0.3, -0.25) is 5.43 Å². The highest BCUT2D eigenvalue weighted by molar-refractivity contribution is 14.1. The second-order valence-electron chi connectivity index (χ2n) is 9.27. The van der Waals surface area contributed by atoms with Gasteiger partial charge in [-0.1, -0.05) is 6.07 Å². The summed E-state index contributed by atoms with van der Waals surface area (Å²) in [5.41, 5.74) is 4.46. The molecule has 14 nitrogen and oxygen atoms in total. The molecule has 15 heteroatoms. The topological polar surface area (TPSA) is 175 Å². The van der Waals surface area contributed by atoms with Gasteiger partial charge < -0.3 is 44.2 Å². The Bertz CT molecular complexity index is 1430. The number of aliphatic hydroxyl groups excluding tert-OH is 1. The molecular formula is C30H37IN4O10. The highest BCUT2D eigenvalue weighted by Crippen LogP contribution is 2.35. The first-order valence-electron chi connectivity index (χ1n) is 14.1. The van der Waals surface area contributed by atoms with Crippen molar-refractivity contribution in [2.24, 2.45) is 5.10 Å². The van der Waals surface area contributed by atoms with Gasteiger partial charge in [0.15, 0.2) is 35.8 Å². The number of carbonyl (C=O) groups excluding carboxylic acids is 3. The average Bonchev–Trinajstić information content (AvgIpc) is 2.99. The predicted molar refractivity (Wildman–Crippen MR) is 171 cm³/mol. The number of benzene rings is 2. The molecule has 2 amide bonds. The van der Waals surface area contributed by atoms with E-state index in [-0.39, 0.29) is 25.4 Å². The zero-order valence-corrected chi connectivity index (χ0v) is 27.8. The molecule has 45 heavy (non-hydrogen) atoms. The summed E-state index contributed by atoms with van der Waals surface area (Å²) < 4.78 is 33.4. The van der Waals surface area contributed by atoms with Gasteiger partial charge in [0.2, 0.25) is 0 Å². The number of hydrogen-bond acceptors (Lipinski definition) is 12. The van der Waals surface area contributed by atoms with E-state index in [9.17, 15) is 19.5 Å². The molecule has 2 aromatic rings. The van der Waals surface area contributed by atoms with Gasteiger partial charge in [0.25, 0.3) is 0 Å². The SMILES string of the molecule is CCOC(=O)COc1c(I)cc(/C=N\N[C@@H](O)COc2ccc([C@H]3NC(=O)NC(C)=C3C(=O)OC)cc2OCC)cc1OCC. The van der Waals surface area contributed by atoms with Gasteiger partial charge in [0.1, 0.15) is 6.61 Å². The van der Waals surface area contributed by atoms with Gasteiger partial charge in [-0.2, -0.15) is 5.10 Å². The van der Waals surface area contributed by atoms with Gasteiger partial charge in [-0.25, -0.2) is 14.4 Å². The van der Waals surface area contributed by atoms with Crippen LogP contribution in [0.25, 0.3) is 0 Å². The summed E-state index contributed by atoms with van der Waals surface area (Å²) in [7, 11) is 1.27. The molecule has 0 radical (unpaired) electrons. The number of rotatable bonds is 16. The summed E-state index contributed by atoms with van der Waals surface area (Å²) in [4.78, 5) is 36.3. The highest BCUT2D eigenvalue weighted by atomic mass is 127. The van der Waals surface area contributed by atoms with Gasteiger partial charge in [-0.15, -0.1) is 0 Å². The summed E-state index contributed by atoms with van der Waals surface area (Å²) in [5, 5.41) is 19.9. The summed E-state index contributed by atoms with van der Waals surface area (Å²) in [6.45, 7) is 7.48. The minimum atomic E-state index is -1.19. The standard InChI is InChI=1S/C30H37IN4O10/c1-6-41-22-13-19(27-26(29(38)40-5)17(4)33-30(39)34-27)9-10-21(22)44-15-24(36)35-32-14-18-11-20(31)28(23(12-18)42-7-2)45-16-25(37)43-8-3/h9-14,24,27,35-36H,6-8,15-16H2,1-5H3,(H2,33,34,39)/b32-14-/t24-,27+/m0/s1. The van der Waals surface area contributed by atoms with Crippen LogP contribution < -0.4 is 35.0 Å². The molecule has 1 heterocycles. The third-order valence-electron chi connectivity index (χ3n) is 6.08. The largest absolute Gasteiger partial charge is 0.490 e. The number of methoxy groups -OCH3 is 1. The van der Waals surface area contributed by atoms with Crippen LogP contribution in [0, 0.1) is 3.57 Å². The molecule has 0 spiro atoms. The Morgan fingerprint density at radius 2 is 1.78 bits per heavy atom. The molecule has 0 saturated carbocycles. The van der Waals surface area contributed by atoms with Crippen molar-refractivity contribution in [3.63, 3.8) is 0 Å². The number of halogens is 1. The van der Waals surface area contributed by atoms with Gasteiger partial charge in [-0.05, 0) is 85.7 Å². The van der Waals surface area contributed by atoms with E-state index in [0.717, 1.165) is 0 Å². The van der Waals surface area contributed by atoms with Gasteiger partial charge >= 0.3 is 18.0 Å². The van der Waals surface area contributed by atoms with Gasteiger partial charge in [0, 0.05) is 5.70 Å². The lowest BCUT2D eigenvalue weighted by Gasteiger charge is -2.28. The Hall–Kier alpha value is -4.25. The smallest absolute Gasteiger partial charge is 0.344 e. The molecule has 0 aliphatic carbocycles. The van der Waals surface area contributed by atoms with Crippen LogP contribution in [0.4, 0.5) is 4.79 Å². The summed E-state index contributed by atoms with van der Waals surface area (Å²) in [6, 6.07) is 7.20. The first-order chi connectivity index (χ1) is 21.6. The summed E-state index contributed by atoms with van der Waals surface area (Å²) >= 11 is 2.07. The fraction of sp³-hybridized carbons (Fsp3) is 0.400. The maximum absolute atomic E-state index is 12.4. The van der Waals surface area contributed by atoms with Crippen molar-refractivity contribution in [1.29, 1.82) is 0 Å². The summed E-state index contributed by atoms with van der Waals surface area (Å²) in [6.07, 6.45) is 0.304. The number of nitrogens with one attached hydrogen (secondary N) is 3. The number of urea groups is 1. The maximum atomic E-state index is 12.4. The highest BCUT2D eigenvalue weighted by Gasteiger charge is 2.32. The first-order valence-corrected chi connectivity index (χ1v) is 15.2. The van der Waals surface area contributed by atoms with Gasteiger partial charge in [0.05, 0.1) is 48.3 Å². The number of allylic oxidation sites excluding steroid dienone is 1. The zero-order chi connectivity index (χ0) is 32.9. The Labute approximate surface area is 274 Å². The van der Waals surface area contributed by atoms with E-state index >= 15 is 0 Å². The van der Waals surface area contributed by atoms with E-state index in [1.54, 1.807) is 51.1 Å². The molecule has 1 aliphatic heterocycles. The number of aliphatic hydroxyl groups is 1. The van der Waals surface area contributed by atoms with Crippen LogP contribution in [0.5, 0.6) is 23.0 Å². The number of amides is 2. The fourth-order valence-corrected chi connectivity index (χ4v) is 5.00. The van der Waals surface area contributed by atoms with E-state index < -0.39 is 30.2 Å². The van der Waals surface area contributed by atoms with Crippen LogP contribution in [-0.2, 0) is 19.1 Å². The quantitative estimate of drug-likeness (QED) is 0.0655. The van der Waals surface area contributed by atoms with Crippen LogP contribution in [0.2, 0.25) is 0 Å². The molecule has 0 bridgehead atoms. The molecular weight excluding hydrogens is 703 g/mol. The third-order valence-corrected chi connectivity index (χ3v) is 6.88. The molecule has 244 valence electrons.